The van der Waals surface area contributed by atoms with Gasteiger partial charge in [0.15, 0.2) is 6.61 Å². The second kappa shape index (κ2) is 9.31. The van der Waals surface area contributed by atoms with Gasteiger partial charge in [0.1, 0.15) is 22.8 Å². The predicted molar refractivity (Wildman–Crippen MR) is 94.6 cm³/mol. The summed E-state index contributed by atoms with van der Waals surface area (Å²) in [4.78, 5) is 23.7. The smallest absolute Gasteiger partial charge is 0.342 e. The van der Waals surface area contributed by atoms with Crippen molar-refractivity contribution < 1.29 is 28.9 Å². The molecule has 7 heteroatoms. The number of aromatic hydroxyl groups is 1. The molecule has 0 unspecified atom stereocenters. The third kappa shape index (κ3) is 5.41. The van der Waals surface area contributed by atoms with Gasteiger partial charge in [-0.25, -0.2) is 4.79 Å². The molecule has 2 N–H and O–H groups in total. The van der Waals surface area contributed by atoms with Gasteiger partial charge < -0.3 is 24.6 Å². The molecular weight excluding hydrogens is 338 g/mol. The fraction of sp³-hybridized carbons (Fsp3) is 0.263. The molecule has 2 aromatic rings. The number of carbonyl (C=O) groups excluding carboxylic acids is 2. The second-order valence-electron chi connectivity index (χ2n) is 5.41. The quantitative estimate of drug-likeness (QED) is 0.700. The summed E-state index contributed by atoms with van der Waals surface area (Å²) < 4.78 is 15.0. The van der Waals surface area contributed by atoms with Crippen LogP contribution in [0.25, 0.3) is 0 Å². The number of nitrogens with one attached hydrogen (secondary N) is 1. The van der Waals surface area contributed by atoms with E-state index in [1.807, 2.05) is 24.3 Å². The number of rotatable bonds is 8. The number of hydrogen-bond donors (Lipinski definition) is 2. The van der Waals surface area contributed by atoms with Crippen molar-refractivity contribution >= 4 is 11.9 Å². The molecule has 0 aliphatic rings. The van der Waals surface area contributed by atoms with Crippen LogP contribution in [0.5, 0.6) is 17.2 Å². The van der Waals surface area contributed by atoms with Gasteiger partial charge >= 0.3 is 5.97 Å². The molecule has 0 aromatic heterocycles. The summed E-state index contributed by atoms with van der Waals surface area (Å²) in [6.45, 7) is -0.0226. The summed E-state index contributed by atoms with van der Waals surface area (Å²) in [6, 6.07) is 11.7. The van der Waals surface area contributed by atoms with Crippen molar-refractivity contribution in [2.45, 2.75) is 6.42 Å². The lowest BCUT2D eigenvalue weighted by Crippen LogP contribution is -2.30. The highest BCUT2D eigenvalue weighted by Gasteiger charge is 2.15. The summed E-state index contributed by atoms with van der Waals surface area (Å²) in [5.74, 6) is -0.291. The zero-order valence-corrected chi connectivity index (χ0v) is 14.7. The molecule has 0 saturated carbocycles. The minimum Gasteiger partial charge on any atom is -0.507 e. The molecule has 0 atom stereocenters. The van der Waals surface area contributed by atoms with Crippen LogP contribution < -0.4 is 14.8 Å². The van der Waals surface area contributed by atoms with Gasteiger partial charge in [-0.05, 0) is 42.3 Å². The Morgan fingerprint density at radius 2 is 1.65 bits per heavy atom. The molecule has 26 heavy (non-hydrogen) atoms. The van der Waals surface area contributed by atoms with Gasteiger partial charge in [-0.1, -0.05) is 12.1 Å². The molecule has 7 nitrogen and oxygen atoms in total. The number of benzene rings is 2. The van der Waals surface area contributed by atoms with Gasteiger partial charge in [-0.15, -0.1) is 0 Å². The van der Waals surface area contributed by atoms with E-state index in [0.717, 1.165) is 11.3 Å². The topological polar surface area (TPSA) is 94.1 Å². The minimum atomic E-state index is -0.799. The Morgan fingerprint density at radius 3 is 2.31 bits per heavy atom. The van der Waals surface area contributed by atoms with Gasteiger partial charge in [-0.3, -0.25) is 4.79 Å². The number of carbonyl (C=O) groups is 2. The molecule has 0 fully saturated rings. The maximum atomic E-state index is 12.0. The van der Waals surface area contributed by atoms with Crippen LogP contribution in [0.2, 0.25) is 0 Å². The average molecular weight is 359 g/mol. The molecule has 1 amide bonds. The fourth-order valence-corrected chi connectivity index (χ4v) is 2.20. The SMILES string of the molecule is COc1ccc(CCNC(=O)COC(=O)c2cc(OC)ccc2O)cc1. The summed E-state index contributed by atoms with van der Waals surface area (Å²) in [6.07, 6.45) is 0.639. The number of hydrogen-bond acceptors (Lipinski definition) is 6. The van der Waals surface area contributed by atoms with Gasteiger partial charge in [-0.2, -0.15) is 0 Å². The number of ether oxygens (including phenoxy) is 3. The Morgan fingerprint density at radius 1 is 1.00 bits per heavy atom. The van der Waals surface area contributed by atoms with E-state index in [2.05, 4.69) is 5.32 Å². The molecule has 2 rings (SSSR count). The van der Waals surface area contributed by atoms with Crippen molar-refractivity contribution in [3.63, 3.8) is 0 Å². The van der Waals surface area contributed by atoms with Gasteiger partial charge in [0.25, 0.3) is 5.91 Å². The fourth-order valence-electron chi connectivity index (χ4n) is 2.20. The Balaban J connectivity index is 1.76. The molecule has 0 bridgehead atoms. The molecule has 0 heterocycles. The van der Waals surface area contributed by atoms with Crippen molar-refractivity contribution in [3.05, 3.63) is 53.6 Å². The first kappa shape index (κ1) is 19.1. The van der Waals surface area contributed by atoms with Crippen molar-refractivity contribution in [1.29, 1.82) is 0 Å². The Kier molecular flexibility index (Phi) is 6.84. The molecule has 0 aliphatic heterocycles. The molecule has 138 valence electrons. The largest absolute Gasteiger partial charge is 0.507 e. The number of phenolic OH excluding ortho intramolecular Hbond substituents is 1. The Labute approximate surface area is 151 Å². The zero-order valence-electron chi connectivity index (χ0n) is 14.7. The van der Waals surface area contributed by atoms with E-state index in [9.17, 15) is 14.7 Å². The summed E-state index contributed by atoms with van der Waals surface area (Å²) in [5.41, 5.74) is 0.986. The van der Waals surface area contributed by atoms with Crippen LogP contribution >= 0.6 is 0 Å². The maximum Gasteiger partial charge on any atom is 0.342 e. The molecule has 0 radical (unpaired) electrons. The minimum absolute atomic E-state index is 0.0598. The van der Waals surface area contributed by atoms with Crippen molar-refractivity contribution in [2.75, 3.05) is 27.4 Å². The average Bonchev–Trinajstić information content (AvgIpc) is 2.67. The molecular formula is C19H21NO6. The number of phenols is 1. The molecule has 0 aliphatic carbocycles. The maximum absolute atomic E-state index is 12.0. The van der Waals surface area contributed by atoms with Crippen LogP contribution in [-0.4, -0.2) is 44.4 Å². The van der Waals surface area contributed by atoms with Crippen LogP contribution in [0.15, 0.2) is 42.5 Å². The van der Waals surface area contributed by atoms with E-state index < -0.39 is 18.5 Å². The first-order valence-corrected chi connectivity index (χ1v) is 7.97. The van der Waals surface area contributed by atoms with Crippen LogP contribution in [0.4, 0.5) is 0 Å². The van der Waals surface area contributed by atoms with Gasteiger partial charge in [0, 0.05) is 6.54 Å². The highest BCUT2D eigenvalue weighted by molar-refractivity contribution is 5.94. The lowest BCUT2D eigenvalue weighted by Gasteiger charge is -2.09. The van der Waals surface area contributed by atoms with Crippen molar-refractivity contribution in [1.82, 2.24) is 5.32 Å². The third-order valence-corrected chi connectivity index (χ3v) is 3.65. The highest BCUT2D eigenvalue weighted by atomic mass is 16.5. The van der Waals surface area contributed by atoms with E-state index in [1.165, 1.54) is 25.3 Å². The third-order valence-electron chi connectivity index (χ3n) is 3.65. The summed E-state index contributed by atoms with van der Waals surface area (Å²) in [7, 11) is 3.04. The van der Waals surface area contributed by atoms with Gasteiger partial charge in [0.2, 0.25) is 0 Å². The second-order valence-corrected chi connectivity index (χ2v) is 5.41. The lowest BCUT2D eigenvalue weighted by molar-refractivity contribution is -0.124. The van der Waals surface area contributed by atoms with Crippen LogP contribution in [-0.2, 0) is 16.0 Å². The van der Waals surface area contributed by atoms with E-state index >= 15 is 0 Å². The Hall–Kier alpha value is -3.22. The summed E-state index contributed by atoms with van der Waals surface area (Å²) >= 11 is 0. The standard InChI is InChI=1S/C19H21NO6/c1-24-14-5-3-13(4-6-14)9-10-20-18(22)12-26-19(23)16-11-15(25-2)7-8-17(16)21/h3-8,11,21H,9-10,12H2,1-2H3,(H,20,22). The predicted octanol–water partition coefficient (Wildman–Crippen LogP) is 1.93. The van der Waals surface area contributed by atoms with Crippen LogP contribution in [0.1, 0.15) is 15.9 Å². The summed E-state index contributed by atoms with van der Waals surface area (Å²) in [5, 5.41) is 12.4. The highest BCUT2D eigenvalue weighted by Crippen LogP contribution is 2.23. The van der Waals surface area contributed by atoms with E-state index in [0.29, 0.717) is 18.7 Å². The number of amides is 1. The first-order valence-electron chi connectivity index (χ1n) is 7.97. The van der Waals surface area contributed by atoms with E-state index in [4.69, 9.17) is 14.2 Å². The van der Waals surface area contributed by atoms with Crippen molar-refractivity contribution in [3.8, 4) is 17.2 Å². The van der Waals surface area contributed by atoms with E-state index in [1.54, 1.807) is 7.11 Å². The normalized spacial score (nSPS) is 10.1. The molecule has 0 saturated heterocycles. The number of methoxy groups -OCH3 is 2. The zero-order chi connectivity index (χ0) is 18.9. The monoisotopic (exact) mass is 359 g/mol. The van der Waals surface area contributed by atoms with Crippen molar-refractivity contribution in [2.24, 2.45) is 0 Å². The molecule has 2 aromatic carbocycles. The lowest BCUT2D eigenvalue weighted by atomic mass is 10.1. The first-order chi connectivity index (χ1) is 12.5. The van der Waals surface area contributed by atoms with E-state index in [-0.39, 0.29) is 11.3 Å². The molecule has 0 spiro atoms. The van der Waals surface area contributed by atoms with Gasteiger partial charge in [0.05, 0.1) is 14.2 Å². The Bertz CT molecular complexity index is 757. The van der Waals surface area contributed by atoms with Crippen LogP contribution in [0, 0.1) is 0 Å². The number of esters is 1. The van der Waals surface area contributed by atoms with Crippen LogP contribution in [0.3, 0.4) is 0 Å².